The molecule has 0 aliphatic carbocycles. The van der Waals surface area contributed by atoms with Gasteiger partial charge in [-0.15, -0.1) is 0 Å². The number of benzene rings is 3. The van der Waals surface area contributed by atoms with Crippen molar-refractivity contribution in [2.75, 3.05) is 38.5 Å². The maximum absolute atomic E-state index is 14.2. The highest BCUT2D eigenvalue weighted by atomic mass is 19.1. The van der Waals surface area contributed by atoms with Gasteiger partial charge in [0, 0.05) is 61.9 Å². The first-order valence-electron chi connectivity index (χ1n) is 12.2. The molecule has 3 aromatic rings. The maximum atomic E-state index is 14.2. The van der Waals surface area contributed by atoms with Crippen molar-refractivity contribution in [3.8, 4) is 11.1 Å². The van der Waals surface area contributed by atoms with E-state index in [1.165, 1.54) is 6.07 Å². The topological polar surface area (TPSA) is 81.8 Å². The fraction of sp³-hybridized carbons (Fsp3) is 0.321. The molecule has 0 radical (unpaired) electrons. The average Bonchev–Trinajstić information content (AvgIpc) is 2.84. The van der Waals surface area contributed by atoms with Crippen molar-refractivity contribution in [2.24, 2.45) is 17.6 Å². The van der Waals surface area contributed by atoms with Gasteiger partial charge in [0.15, 0.2) is 0 Å². The van der Waals surface area contributed by atoms with Gasteiger partial charge < -0.3 is 26.0 Å². The minimum Gasteiger partial charge on any atom is -0.384 e. The molecule has 2 bridgehead atoms. The Morgan fingerprint density at radius 2 is 1.54 bits per heavy atom. The summed E-state index contributed by atoms with van der Waals surface area (Å²) in [5.41, 5.74) is 7.16. The number of nitrogens with zero attached hydrogens (tertiary/aromatic N) is 2. The van der Waals surface area contributed by atoms with Crippen molar-refractivity contribution < 1.29 is 23.1 Å². The molecule has 2 aliphatic rings. The Hall–Kier alpha value is -3.40. The van der Waals surface area contributed by atoms with Gasteiger partial charge in [0.25, 0.3) is 0 Å². The summed E-state index contributed by atoms with van der Waals surface area (Å²) >= 11 is 0. The van der Waals surface area contributed by atoms with Crippen molar-refractivity contribution in [3.63, 3.8) is 0 Å². The second-order valence-electron chi connectivity index (χ2n) is 10.0. The summed E-state index contributed by atoms with van der Waals surface area (Å²) in [7, 11) is 1.98. The summed E-state index contributed by atoms with van der Waals surface area (Å²) < 4.78 is 41.4. The van der Waals surface area contributed by atoms with Gasteiger partial charge in [0.05, 0.1) is 0 Å². The molecular weight excluding hydrogens is 481 g/mol. The quantitative estimate of drug-likeness (QED) is 0.493. The van der Waals surface area contributed by atoms with Crippen LogP contribution < -0.4 is 11.1 Å². The van der Waals surface area contributed by atoms with Crippen LogP contribution in [0.2, 0.25) is 0 Å². The van der Waals surface area contributed by atoms with E-state index >= 15 is 0 Å². The molecule has 3 atom stereocenters. The predicted octanol–water partition coefficient (Wildman–Crippen LogP) is 4.14. The van der Waals surface area contributed by atoms with Crippen LogP contribution in [0.3, 0.4) is 0 Å². The standard InChI is InChI=1S/C28H29F3N4O2/c1-34-13-21-15-35(27(36)33-25-10-23(29)9-24(30)11-25)16-22(14-34)28(21,37)20-6-4-17(5-7-20)18-2-3-19(12-32)26(31)8-18/h2-11,21-22,37H,12-16,32H2,1H3,(H,33,36)/t21-,22+,28?. The van der Waals surface area contributed by atoms with Crippen molar-refractivity contribution in [2.45, 2.75) is 12.1 Å². The molecular formula is C28H29F3N4O2. The number of aliphatic hydroxyl groups is 1. The lowest BCUT2D eigenvalue weighted by molar-refractivity contribution is -0.153. The number of hydrogen-bond donors (Lipinski definition) is 3. The van der Waals surface area contributed by atoms with Gasteiger partial charge in [0.2, 0.25) is 0 Å². The van der Waals surface area contributed by atoms with E-state index in [1.54, 1.807) is 11.0 Å². The maximum Gasteiger partial charge on any atom is 0.321 e. The van der Waals surface area contributed by atoms with E-state index in [4.69, 9.17) is 5.73 Å². The molecule has 0 saturated carbocycles. The number of carbonyl (C=O) groups is 1. The second-order valence-corrected chi connectivity index (χ2v) is 10.0. The molecule has 0 aromatic heterocycles. The fourth-order valence-corrected chi connectivity index (χ4v) is 5.73. The summed E-state index contributed by atoms with van der Waals surface area (Å²) in [5.74, 6) is -2.47. The zero-order valence-corrected chi connectivity index (χ0v) is 20.4. The van der Waals surface area contributed by atoms with Crippen molar-refractivity contribution in [3.05, 3.63) is 89.2 Å². The van der Waals surface area contributed by atoms with Crippen LogP contribution in [0.5, 0.6) is 0 Å². The van der Waals surface area contributed by atoms with Crippen LogP contribution >= 0.6 is 0 Å². The highest BCUT2D eigenvalue weighted by molar-refractivity contribution is 5.89. The van der Waals surface area contributed by atoms with Crippen LogP contribution in [-0.2, 0) is 12.1 Å². The van der Waals surface area contributed by atoms with Crippen LogP contribution in [0.1, 0.15) is 11.1 Å². The zero-order chi connectivity index (χ0) is 26.3. The lowest BCUT2D eigenvalue weighted by Gasteiger charge is -2.55. The van der Waals surface area contributed by atoms with Gasteiger partial charge in [-0.25, -0.2) is 18.0 Å². The van der Waals surface area contributed by atoms with Gasteiger partial charge in [-0.2, -0.15) is 0 Å². The third kappa shape index (κ3) is 4.82. The predicted molar refractivity (Wildman–Crippen MR) is 135 cm³/mol. The van der Waals surface area contributed by atoms with E-state index in [9.17, 15) is 23.1 Å². The van der Waals surface area contributed by atoms with Gasteiger partial charge in [-0.3, -0.25) is 0 Å². The first-order chi connectivity index (χ1) is 17.7. The monoisotopic (exact) mass is 510 g/mol. The van der Waals surface area contributed by atoms with E-state index < -0.39 is 23.3 Å². The molecule has 194 valence electrons. The van der Waals surface area contributed by atoms with E-state index in [2.05, 4.69) is 10.2 Å². The Bertz CT molecular complexity index is 1280. The van der Waals surface area contributed by atoms with Gasteiger partial charge >= 0.3 is 6.03 Å². The molecule has 1 unspecified atom stereocenters. The van der Waals surface area contributed by atoms with Crippen molar-refractivity contribution in [1.29, 1.82) is 0 Å². The van der Waals surface area contributed by atoms with Gasteiger partial charge in [-0.05, 0) is 41.9 Å². The molecule has 37 heavy (non-hydrogen) atoms. The largest absolute Gasteiger partial charge is 0.384 e. The Kier molecular flexibility index (Phi) is 6.70. The number of nitrogens with two attached hydrogens (primary N) is 1. The molecule has 4 N–H and O–H groups in total. The fourth-order valence-electron chi connectivity index (χ4n) is 5.73. The van der Waals surface area contributed by atoms with E-state index in [0.29, 0.717) is 24.2 Å². The Labute approximate surface area is 213 Å². The first kappa shape index (κ1) is 25.3. The van der Waals surface area contributed by atoms with Crippen LogP contribution in [0.25, 0.3) is 11.1 Å². The van der Waals surface area contributed by atoms with Crippen LogP contribution in [-0.4, -0.2) is 54.2 Å². The summed E-state index contributed by atoms with van der Waals surface area (Å²) in [5, 5.41) is 14.6. The lowest BCUT2D eigenvalue weighted by Crippen LogP contribution is -2.65. The second kappa shape index (κ2) is 9.81. The molecule has 2 amide bonds. The number of nitrogens with one attached hydrogen (secondary N) is 1. The summed E-state index contributed by atoms with van der Waals surface area (Å²) in [6, 6.07) is 14.8. The number of rotatable bonds is 4. The number of amides is 2. The number of piperidine rings is 2. The number of halogens is 3. The minimum atomic E-state index is -1.17. The van der Waals surface area contributed by atoms with Crippen LogP contribution in [0.4, 0.5) is 23.7 Å². The third-order valence-electron chi connectivity index (χ3n) is 7.55. The number of urea groups is 1. The highest BCUT2D eigenvalue weighted by Gasteiger charge is 2.53. The molecule has 5 rings (SSSR count). The normalized spacial score (nSPS) is 23.7. The van der Waals surface area contributed by atoms with Crippen LogP contribution in [0.15, 0.2) is 60.7 Å². The first-order valence-corrected chi connectivity index (χ1v) is 12.2. The molecule has 3 aromatic carbocycles. The average molecular weight is 511 g/mol. The number of likely N-dealkylation sites (tertiary alicyclic amines) is 2. The zero-order valence-electron chi connectivity index (χ0n) is 20.4. The van der Waals surface area contributed by atoms with Gasteiger partial charge in [-0.1, -0.05) is 36.4 Å². The smallest absolute Gasteiger partial charge is 0.321 e. The SMILES string of the molecule is CN1C[C@@H]2CN(C(=O)Nc3cc(F)cc(F)c3)C[C@H](C1)C2(O)c1ccc(-c2ccc(CN)c(F)c2)cc1. The van der Waals surface area contributed by atoms with Crippen molar-refractivity contribution >= 4 is 11.7 Å². The van der Waals surface area contributed by atoms with E-state index in [0.717, 1.165) is 29.3 Å². The van der Waals surface area contributed by atoms with Crippen LogP contribution in [0, 0.1) is 29.3 Å². The Morgan fingerprint density at radius 1 is 0.946 bits per heavy atom. The molecule has 2 fully saturated rings. The molecule has 0 spiro atoms. The lowest BCUT2D eigenvalue weighted by atomic mass is 9.66. The van der Waals surface area contributed by atoms with E-state index in [1.807, 2.05) is 37.4 Å². The molecule has 2 aliphatic heterocycles. The summed E-state index contributed by atoms with van der Waals surface area (Å²) in [6.45, 7) is 1.81. The van der Waals surface area contributed by atoms with Crippen molar-refractivity contribution in [1.82, 2.24) is 9.80 Å². The molecule has 2 saturated heterocycles. The summed E-state index contributed by atoms with van der Waals surface area (Å²) in [4.78, 5) is 16.7. The summed E-state index contributed by atoms with van der Waals surface area (Å²) in [6.07, 6.45) is 0. The minimum absolute atomic E-state index is 0.0390. The third-order valence-corrected chi connectivity index (χ3v) is 7.55. The highest BCUT2D eigenvalue weighted by Crippen LogP contribution is 2.45. The van der Waals surface area contributed by atoms with E-state index in [-0.39, 0.29) is 43.0 Å². The Balaban J connectivity index is 1.37. The number of carbonyl (C=O) groups excluding carboxylic acids is 1. The Morgan fingerprint density at radius 3 is 2.11 bits per heavy atom. The number of hydrogen-bond acceptors (Lipinski definition) is 4. The molecule has 6 nitrogen and oxygen atoms in total. The van der Waals surface area contributed by atoms with Gasteiger partial charge in [0.1, 0.15) is 23.1 Å². The molecule has 2 heterocycles. The number of anilines is 1. The molecule has 9 heteroatoms. The number of fused-ring (bicyclic) bond motifs is 2.